The fourth-order valence-corrected chi connectivity index (χ4v) is 3.58. The number of carbonyl (C=O) groups excluding carboxylic acids is 1. The van der Waals surface area contributed by atoms with Crippen LogP contribution in [-0.2, 0) is 11.2 Å². The van der Waals surface area contributed by atoms with Gasteiger partial charge in [-0.3, -0.25) is 4.90 Å². The molecule has 0 spiro atoms. The van der Waals surface area contributed by atoms with Gasteiger partial charge in [-0.1, -0.05) is 66.7 Å². The van der Waals surface area contributed by atoms with Crippen molar-refractivity contribution in [1.82, 2.24) is 10.6 Å². The number of carboxylic acid groups (broad SMARTS) is 1. The average Bonchev–Trinajstić information content (AvgIpc) is 2.87. The normalized spacial score (nSPS) is 11.1. The highest BCUT2D eigenvalue weighted by molar-refractivity contribution is 5.92. The van der Waals surface area contributed by atoms with Crippen molar-refractivity contribution in [2.75, 3.05) is 25.0 Å². The number of aryl methyl sites for hydroxylation is 1. The van der Waals surface area contributed by atoms with Crippen LogP contribution in [0.5, 0.6) is 0 Å². The topological polar surface area (TPSA) is 81.7 Å². The highest BCUT2D eigenvalue weighted by atomic mass is 16.4. The van der Waals surface area contributed by atoms with Crippen molar-refractivity contribution in [3.05, 3.63) is 95.7 Å². The van der Waals surface area contributed by atoms with E-state index in [1.165, 1.54) is 5.56 Å². The second-order valence-corrected chi connectivity index (χ2v) is 7.95. The molecule has 0 atom stereocenters. The Morgan fingerprint density at radius 3 is 2.32 bits per heavy atom. The number of urea groups is 1. The molecule has 3 N–H and O–H groups in total. The van der Waals surface area contributed by atoms with Crippen molar-refractivity contribution in [1.29, 1.82) is 0 Å². The Hall–Kier alpha value is -4.06. The molecule has 3 aromatic carbocycles. The second-order valence-electron chi connectivity index (χ2n) is 7.95. The molecule has 0 unspecified atom stereocenters. The van der Waals surface area contributed by atoms with Crippen LogP contribution in [0.25, 0.3) is 17.2 Å². The summed E-state index contributed by atoms with van der Waals surface area (Å²) in [7, 11) is 1.76. The minimum Gasteiger partial charge on any atom is -0.477 e. The number of amides is 2. The maximum absolute atomic E-state index is 12.6. The predicted molar refractivity (Wildman–Crippen MR) is 138 cm³/mol. The highest BCUT2D eigenvalue weighted by Crippen LogP contribution is 2.25. The summed E-state index contributed by atoms with van der Waals surface area (Å²) < 4.78 is 0. The fourth-order valence-electron chi connectivity index (χ4n) is 3.58. The van der Waals surface area contributed by atoms with E-state index in [1.54, 1.807) is 18.0 Å². The minimum atomic E-state index is -0.986. The van der Waals surface area contributed by atoms with Gasteiger partial charge in [0.25, 0.3) is 0 Å². The van der Waals surface area contributed by atoms with E-state index in [9.17, 15) is 14.7 Å². The van der Waals surface area contributed by atoms with Crippen molar-refractivity contribution >= 4 is 23.8 Å². The van der Waals surface area contributed by atoms with Crippen LogP contribution in [-0.4, -0.2) is 37.2 Å². The van der Waals surface area contributed by atoms with Crippen molar-refractivity contribution in [3.63, 3.8) is 0 Å². The summed E-state index contributed by atoms with van der Waals surface area (Å²) in [6.07, 6.45) is 3.41. The number of likely N-dealkylation sites (N-methyl/N-ethyl adjacent to an activating group) is 1. The third-order valence-electron chi connectivity index (χ3n) is 5.45. The van der Waals surface area contributed by atoms with Crippen LogP contribution in [0.1, 0.15) is 24.5 Å². The molecule has 34 heavy (non-hydrogen) atoms. The lowest BCUT2D eigenvalue weighted by Crippen LogP contribution is -2.37. The second kappa shape index (κ2) is 12.3. The van der Waals surface area contributed by atoms with Crippen LogP contribution in [0, 0.1) is 0 Å². The molecule has 0 saturated carbocycles. The lowest BCUT2D eigenvalue weighted by Gasteiger charge is -2.19. The third kappa shape index (κ3) is 6.97. The molecule has 0 aromatic heterocycles. The zero-order chi connectivity index (χ0) is 24.3. The molecule has 0 aliphatic heterocycles. The molecule has 6 nitrogen and oxygen atoms in total. The Morgan fingerprint density at radius 1 is 0.912 bits per heavy atom. The molecule has 0 aliphatic rings. The van der Waals surface area contributed by atoms with Crippen LogP contribution in [0.2, 0.25) is 0 Å². The first-order valence-electron chi connectivity index (χ1n) is 11.4. The summed E-state index contributed by atoms with van der Waals surface area (Å²) in [6, 6.07) is 25.5. The van der Waals surface area contributed by atoms with Crippen LogP contribution < -0.4 is 15.5 Å². The van der Waals surface area contributed by atoms with E-state index in [0.717, 1.165) is 35.2 Å². The third-order valence-corrected chi connectivity index (χ3v) is 5.45. The van der Waals surface area contributed by atoms with E-state index in [1.807, 2.05) is 73.7 Å². The molecule has 0 radical (unpaired) electrons. The maximum atomic E-state index is 12.6. The molecule has 0 fully saturated rings. The van der Waals surface area contributed by atoms with Gasteiger partial charge in [0.2, 0.25) is 0 Å². The van der Waals surface area contributed by atoms with Crippen LogP contribution >= 0.6 is 0 Å². The fraction of sp³-hybridized carbons (Fsp3) is 0.214. The largest absolute Gasteiger partial charge is 0.477 e. The number of anilines is 1. The zero-order valence-electron chi connectivity index (χ0n) is 19.6. The summed E-state index contributed by atoms with van der Waals surface area (Å²) in [5.74, 6) is -0.986. The number of aliphatic carboxylic acids is 1. The quantitative estimate of drug-likeness (QED) is 0.290. The van der Waals surface area contributed by atoms with Crippen LogP contribution in [0.15, 0.2) is 84.6 Å². The number of benzene rings is 3. The first-order chi connectivity index (χ1) is 16.5. The van der Waals surface area contributed by atoms with Gasteiger partial charge in [0.1, 0.15) is 5.70 Å². The van der Waals surface area contributed by atoms with Gasteiger partial charge in [0, 0.05) is 25.8 Å². The van der Waals surface area contributed by atoms with Gasteiger partial charge in [-0.15, -0.1) is 0 Å². The summed E-state index contributed by atoms with van der Waals surface area (Å²) in [5, 5.41) is 15.1. The molecule has 3 rings (SSSR count). The predicted octanol–water partition coefficient (Wildman–Crippen LogP) is 5.17. The first kappa shape index (κ1) is 24.6. The number of nitrogens with one attached hydrogen (secondary N) is 2. The molecule has 0 saturated heterocycles. The summed E-state index contributed by atoms with van der Waals surface area (Å²) in [4.78, 5) is 25.5. The Balaban J connectivity index is 1.61. The monoisotopic (exact) mass is 457 g/mol. The molecule has 2 amide bonds. The van der Waals surface area contributed by atoms with Gasteiger partial charge in [-0.05, 0) is 60.2 Å². The summed E-state index contributed by atoms with van der Waals surface area (Å²) in [5.41, 5.74) is 4.97. The van der Waals surface area contributed by atoms with Crippen LogP contribution in [0.3, 0.4) is 0 Å². The molecule has 6 heteroatoms. The molecular formula is C28H31N3O3. The number of carboxylic acids is 1. The number of carbonyl (C=O) groups is 2. The van der Waals surface area contributed by atoms with Crippen molar-refractivity contribution < 1.29 is 14.7 Å². The Morgan fingerprint density at radius 2 is 1.65 bits per heavy atom. The van der Waals surface area contributed by atoms with Gasteiger partial charge < -0.3 is 15.7 Å². The average molecular weight is 458 g/mol. The molecule has 176 valence electrons. The Labute approximate surface area is 200 Å². The van der Waals surface area contributed by atoms with E-state index in [-0.39, 0.29) is 11.7 Å². The molecule has 3 aromatic rings. The SMILES string of the molecule is CCN/C(=C/c1ccc(-c2cccc(N(C)C(=O)NCCCc3ccccc3)c2)cc1)C(=O)O. The summed E-state index contributed by atoms with van der Waals surface area (Å²) >= 11 is 0. The number of hydrogen-bond donors (Lipinski definition) is 3. The molecular weight excluding hydrogens is 426 g/mol. The first-order valence-corrected chi connectivity index (χ1v) is 11.4. The number of nitrogens with zero attached hydrogens (tertiary/aromatic N) is 1. The maximum Gasteiger partial charge on any atom is 0.351 e. The lowest BCUT2D eigenvalue weighted by atomic mass is 10.0. The molecule has 0 aliphatic carbocycles. The van der Waals surface area contributed by atoms with E-state index < -0.39 is 5.97 Å². The molecule has 0 heterocycles. The van der Waals surface area contributed by atoms with Gasteiger partial charge in [-0.25, -0.2) is 9.59 Å². The lowest BCUT2D eigenvalue weighted by molar-refractivity contribution is -0.132. The van der Waals surface area contributed by atoms with Gasteiger partial charge in [0.05, 0.1) is 0 Å². The highest BCUT2D eigenvalue weighted by Gasteiger charge is 2.11. The van der Waals surface area contributed by atoms with Crippen molar-refractivity contribution in [2.45, 2.75) is 19.8 Å². The Bertz CT molecular complexity index is 1130. The number of rotatable bonds is 10. The van der Waals surface area contributed by atoms with E-state index in [2.05, 4.69) is 22.8 Å². The molecule has 0 bridgehead atoms. The van der Waals surface area contributed by atoms with E-state index >= 15 is 0 Å². The standard InChI is InChI=1S/C28H31N3O3/c1-3-29-26(27(32)33)19-22-14-16-23(17-15-22)24-12-7-13-25(20-24)31(2)28(34)30-18-8-11-21-9-5-4-6-10-21/h4-7,9-10,12-17,19-20,29H,3,8,11,18H2,1-2H3,(H,30,34)(H,32,33)/b26-19+. The smallest absolute Gasteiger partial charge is 0.351 e. The van der Waals surface area contributed by atoms with Crippen molar-refractivity contribution in [3.8, 4) is 11.1 Å². The number of hydrogen-bond acceptors (Lipinski definition) is 3. The zero-order valence-corrected chi connectivity index (χ0v) is 19.6. The minimum absolute atomic E-state index is 0.143. The van der Waals surface area contributed by atoms with Gasteiger partial charge in [-0.2, -0.15) is 0 Å². The van der Waals surface area contributed by atoms with E-state index in [4.69, 9.17) is 0 Å². The summed E-state index contributed by atoms with van der Waals surface area (Å²) in [6.45, 7) is 3.00. The van der Waals surface area contributed by atoms with Crippen LogP contribution in [0.4, 0.5) is 10.5 Å². The van der Waals surface area contributed by atoms with Gasteiger partial charge >= 0.3 is 12.0 Å². The Kier molecular flexibility index (Phi) is 8.86. The van der Waals surface area contributed by atoms with E-state index in [0.29, 0.717) is 13.1 Å². The van der Waals surface area contributed by atoms with Crippen molar-refractivity contribution in [2.24, 2.45) is 0 Å². The van der Waals surface area contributed by atoms with Gasteiger partial charge in [0.15, 0.2) is 0 Å².